The topological polar surface area (TPSA) is 12.0 Å². The van der Waals surface area contributed by atoms with Crippen LogP contribution in [-0.4, -0.2) is 11.6 Å². The lowest BCUT2D eigenvalue weighted by molar-refractivity contribution is 0.316. The fourth-order valence-corrected chi connectivity index (χ4v) is 2.59. The monoisotopic (exact) mass is 209 g/mol. The van der Waals surface area contributed by atoms with Crippen molar-refractivity contribution in [2.75, 3.05) is 0 Å². The van der Waals surface area contributed by atoms with Crippen molar-refractivity contribution in [1.29, 1.82) is 0 Å². The molecule has 0 aromatic rings. The quantitative estimate of drug-likeness (QED) is 0.674. The van der Waals surface area contributed by atoms with Crippen LogP contribution >= 0.6 is 0 Å². The largest absolute Gasteiger partial charge is 0.309 e. The van der Waals surface area contributed by atoms with Gasteiger partial charge in [0.05, 0.1) is 0 Å². The fourth-order valence-electron chi connectivity index (χ4n) is 2.59. The molecule has 15 heavy (non-hydrogen) atoms. The summed E-state index contributed by atoms with van der Waals surface area (Å²) in [6.45, 7) is 9.06. The molecule has 0 aromatic heterocycles. The molecular formula is C14H27N. The van der Waals surface area contributed by atoms with E-state index >= 15 is 0 Å². The molecule has 1 rings (SSSR count). The molecule has 1 N–H and O–H groups in total. The third-order valence-corrected chi connectivity index (χ3v) is 3.45. The average Bonchev–Trinajstić information content (AvgIpc) is 2.50. The SMILES string of the molecule is CC(C)=CCCC(C)NC1(C)CCCC1. The van der Waals surface area contributed by atoms with Crippen LogP contribution in [0.1, 0.15) is 66.2 Å². The molecule has 0 aromatic carbocycles. The zero-order valence-electron chi connectivity index (χ0n) is 10.9. The van der Waals surface area contributed by atoms with Crippen molar-refractivity contribution >= 4 is 0 Å². The number of rotatable bonds is 5. The van der Waals surface area contributed by atoms with E-state index < -0.39 is 0 Å². The van der Waals surface area contributed by atoms with E-state index in [0.717, 1.165) is 0 Å². The summed E-state index contributed by atoms with van der Waals surface area (Å²) in [6.07, 6.45) is 10.4. The summed E-state index contributed by atoms with van der Waals surface area (Å²) in [5.74, 6) is 0. The number of nitrogens with one attached hydrogen (secondary N) is 1. The Kier molecular flexibility index (Phi) is 4.85. The second kappa shape index (κ2) is 5.69. The van der Waals surface area contributed by atoms with Gasteiger partial charge in [-0.1, -0.05) is 24.5 Å². The van der Waals surface area contributed by atoms with Gasteiger partial charge in [0.25, 0.3) is 0 Å². The van der Waals surface area contributed by atoms with E-state index in [2.05, 4.69) is 39.1 Å². The van der Waals surface area contributed by atoms with Crippen molar-refractivity contribution in [3.8, 4) is 0 Å². The van der Waals surface area contributed by atoms with Gasteiger partial charge >= 0.3 is 0 Å². The fraction of sp³-hybridized carbons (Fsp3) is 0.857. The van der Waals surface area contributed by atoms with Crippen LogP contribution in [0, 0.1) is 0 Å². The summed E-state index contributed by atoms with van der Waals surface area (Å²) in [5, 5.41) is 3.80. The van der Waals surface area contributed by atoms with E-state index in [0.29, 0.717) is 11.6 Å². The Balaban J connectivity index is 2.23. The van der Waals surface area contributed by atoms with Gasteiger partial charge in [-0.3, -0.25) is 0 Å². The Morgan fingerprint density at radius 1 is 1.33 bits per heavy atom. The van der Waals surface area contributed by atoms with Gasteiger partial charge in [0.1, 0.15) is 0 Å². The Labute approximate surface area is 95.3 Å². The van der Waals surface area contributed by atoms with Crippen molar-refractivity contribution in [2.24, 2.45) is 0 Å². The minimum atomic E-state index is 0.435. The molecule has 1 fully saturated rings. The summed E-state index contributed by atoms with van der Waals surface area (Å²) in [6, 6.07) is 0.656. The molecule has 1 nitrogen and oxygen atoms in total. The van der Waals surface area contributed by atoms with E-state index in [9.17, 15) is 0 Å². The first-order valence-corrected chi connectivity index (χ1v) is 6.43. The maximum absolute atomic E-state index is 3.80. The van der Waals surface area contributed by atoms with E-state index in [-0.39, 0.29) is 0 Å². The summed E-state index contributed by atoms with van der Waals surface area (Å²) in [7, 11) is 0. The van der Waals surface area contributed by atoms with Crippen LogP contribution in [-0.2, 0) is 0 Å². The molecular weight excluding hydrogens is 182 g/mol. The predicted molar refractivity (Wildman–Crippen MR) is 68.1 cm³/mol. The molecule has 0 heterocycles. The lowest BCUT2D eigenvalue weighted by atomic mass is 9.98. The Bertz CT molecular complexity index is 207. The van der Waals surface area contributed by atoms with E-state index in [4.69, 9.17) is 0 Å². The van der Waals surface area contributed by atoms with Gasteiger partial charge in [-0.05, 0) is 53.4 Å². The van der Waals surface area contributed by atoms with Gasteiger partial charge in [0.2, 0.25) is 0 Å². The zero-order chi connectivity index (χ0) is 11.3. The van der Waals surface area contributed by atoms with Crippen molar-refractivity contribution in [1.82, 2.24) is 5.32 Å². The highest BCUT2D eigenvalue weighted by molar-refractivity contribution is 4.94. The van der Waals surface area contributed by atoms with Crippen LogP contribution in [0.5, 0.6) is 0 Å². The van der Waals surface area contributed by atoms with Crippen LogP contribution in [0.15, 0.2) is 11.6 Å². The molecule has 0 bridgehead atoms. The highest BCUT2D eigenvalue weighted by Gasteiger charge is 2.29. The molecule has 0 amide bonds. The lowest BCUT2D eigenvalue weighted by Crippen LogP contribution is -2.44. The van der Waals surface area contributed by atoms with Crippen molar-refractivity contribution < 1.29 is 0 Å². The molecule has 1 aliphatic rings. The summed E-state index contributed by atoms with van der Waals surface area (Å²) < 4.78 is 0. The molecule has 0 radical (unpaired) electrons. The Morgan fingerprint density at radius 3 is 2.47 bits per heavy atom. The smallest absolute Gasteiger partial charge is 0.0155 e. The molecule has 1 unspecified atom stereocenters. The average molecular weight is 209 g/mol. The second-order valence-corrected chi connectivity index (χ2v) is 5.67. The minimum absolute atomic E-state index is 0.435. The first kappa shape index (κ1) is 12.8. The highest BCUT2D eigenvalue weighted by atomic mass is 15.0. The van der Waals surface area contributed by atoms with E-state index in [1.54, 1.807) is 0 Å². The third-order valence-electron chi connectivity index (χ3n) is 3.45. The summed E-state index contributed by atoms with van der Waals surface area (Å²) in [4.78, 5) is 0. The Hall–Kier alpha value is -0.300. The molecule has 0 aliphatic heterocycles. The molecule has 0 saturated heterocycles. The van der Waals surface area contributed by atoms with Crippen LogP contribution in [0.4, 0.5) is 0 Å². The molecule has 88 valence electrons. The number of allylic oxidation sites excluding steroid dienone is 2. The lowest BCUT2D eigenvalue weighted by Gasteiger charge is -2.29. The molecule has 1 atom stereocenters. The first-order valence-electron chi connectivity index (χ1n) is 6.43. The second-order valence-electron chi connectivity index (χ2n) is 5.67. The van der Waals surface area contributed by atoms with Crippen LogP contribution < -0.4 is 5.32 Å². The van der Waals surface area contributed by atoms with Crippen molar-refractivity contribution in [2.45, 2.75) is 77.8 Å². The van der Waals surface area contributed by atoms with E-state index in [1.165, 1.54) is 44.1 Å². The zero-order valence-corrected chi connectivity index (χ0v) is 10.9. The van der Waals surface area contributed by atoms with Gasteiger partial charge in [0.15, 0.2) is 0 Å². The highest BCUT2D eigenvalue weighted by Crippen LogP contribution is 2.29. The van der Waals surface area contributed by atoms with Crippen molar-refractivity contribution in [3.63, 3.8) is 0 Å². The molecule has 0 spiro atoms. The predicted octanol–water partition coefficient (Wildman–Crippen LogP) is 4.04. The minimum Gasteiger partial charge on any atom is -0.309 e. The van der Waals surface area contributed by atoms with E-state index in [1.807, 2.05) is 0 Å². The Morgan fingerprint density at radius 2 is 1.93 bits per heavy atom. The van der Waals surface area contributed by atoms with Crippen LogP contribution in [0.2, 0.25) is 0 Å². The maximum Gasteiger partial charge on any atom is 0.0155 e. The van der Waals surface area contributed by atoms with Crippen molar-refractivity contribution in [3.05, 3.63) is 11.6 Å². The first-order chi connectivity index (χ1) is 7.02. The van der Waals surface area contributed by atoms with Gasteiger partial charge in [-0.2, -0.15) is 0 Å². The van der Waals surface area contributed by atoms with Gasteiger partial charge < -0.3 is 5.32 Å². The molecule has 1 aliphatic carbocycles. The summed E-state index contributed by atoms with van der Waals surface area (Å²) in [5.41, 5.74) is 1.87. The molecule has 1 heteroatoms. The number of hydrogen-bond donors (Lipinski definition) is 1. The number of hydrogen-bond acceptors (Lipinski definition) is 1. The van der Waals surface area contributed by atoms with Gasteiger partial charge in [0, 0.05) is 11.6 Å². The van der Waals surface area contributed by atoms with Gasteiger partial charge in [-0.15, -0.1) is 0 Å². The standard InChI is InChI=1S/C14H27N/c1-12(2)8-7-9-13(3)15-14(4)10-5-6-11-14/h8,13,15H,5-7,9-11H2,1-4H3. The molecule has 1 saturated carbocycles. The maximum atomic E-state index is 3.80. The normalized spacial score (nSPS) is 21.3. The third kappa shape index (κ3) is 4.83. The van der Waals surface area contributed by atoms with Crippen LogP contribution in [0.3, 0.4) is 0 Å². The van der Waals surface area contributed by atoms with Crippen LogP contribution in [0.25, 0.3) is 0 Å². The summed E-state index contributed by atoms with van der Waals surface area (Å²) >= 11 is 0. The van der Waals surface area contributed by atoms with Gasteiger partial charge in [-0.25, -0.2) is 0 Å².